The van der Waals surface area contributed by atoms with Gasteiger partial charge < -0.3 is 9.84 Å². The maximum atomic E-state index is 12.8. The van der Waals surface area contributed by atoms with Gasteiger partial charge >= 0.3 is 5.97 Å². The predicted octanol–water partition coefficient (Wildman–Crippen LogP) is 3.23. The average Bonchev–Trinajstić information content (AvgIpc) is 2.66. The normalized spacial score (nSPS) is 11.9. The lowest BCUT2D eigenvalue weighted by Crippen LogP contribution is -2.40. The minimum atomic E-state index is -3.81. The largest absolute Gasteiger partial charge is 0.507 e. The molecule has 0 amide bonds. The summed E-state index contributed by atoms with van der Waals surface area (Å²) >= 11 is 0. The predicted molar refractivity (Wildman–Crippen MR) is 114 cm³/mol. The molecule has 0 aromatic heterocycles. The number of esters is 1. The molecule has 0 atom stereocenters. The summed E-state index contributed by atoms with van der Waals surface area (Å²) in [5.41, 5.74) is 1.35. The Hall–Kier alpha value is -2.71. The fraction of sp³-hybridized carbons (Fsp3) is 0.364. The number of carbonyl (C=O) groups is 2. The third-order valence-electron chi connectivity index (χ3n) is 4.41. The number of aryl methyl sites for hydroxylation is 1. The lowest BCUT2D eigenvalue weighted by atomic mass is 9.93. The zero-order valence-electron chi connectivity index (χ0n) is 17.8. The van der Waals surface area contributed by atoms with Gasteiger partial charge in [-0.2, -0.15) is 0 Å². The Morgan fingerprint density at radius 1 is 1.17 bits per heavy atom. The maximum absolute atomic E-state index is 12.8. The molecule has 0 aliphatic rings. The van der Waals surface area contributed by atoms with Crippen LogP contribution in [0.5, 0.6) is 5.75 Å². The maximum Gasteiger partial charge on any atom is 0.309 e. The van der Waals surface area contributed by atoms with Gasteiger partial charge in [-0.3, -0.25) is 9.59 Å². The molecular weight excluding hydrogens is 406 g/mol. The Morgan fingerprint density at radius 3 is 2.37 bits per heavy atom. The van der Waals surface area contributed by atoms with Crippen molar-refractivity contribution in [3.63, 3.8) is 0 Å². The van der Waals surface area contributed by atoms with Gasteiger partial charge in [0.15, 0.2) is 6.29 Å². The van der Waals surface area contributed by atoms with Gasteiger partial charge in [-0.1, -0.05) is 13.0 Å². The highest BCUT2D eigenvalue weighted by atomic mass is 32.2. The number of aromatic hydroxyl groups is 1. The number of aldehydes is 1. The van der Waals surface area contributed by atoms with Crippen LogP contribution in [0.2, 0.25) is 0 Å². The summed E-state index contributed by atoms with van der Waals surface area (Å²) in [6.07, 6.45) is 0.974. The van der Waals surface area contributed by atoms with E-state index in [-0.39, 0.29) is 28.2 Å². The van der Waals surface area contributed by atoms with Crippen LogP contribution in [0, 0.1) is 0 Å². The Balaban J connectivity index is 2.72. The van der Waals surface area contributed by atoms with Crippen molar-refractivity contribution in [2.24, 2.45) is 0 Å². The number of benzene rings is 2. The number of nitrogens with one attached hydrogen (secondary N) is 1. The van der Waals surface area contributed by atoms with Gasteiger partial charge in [-0.05, 0) is 68.1 Å². The number of rotatable bonds is 7. The molecule has 0 saturated heterocycles. The number of phenolic OH excluding ortho intramolecular Hbond substituents is 1. The minimum absolute atomic E-state index is 0.00883. The molecule has 8 heteroatoms. The number of methoxy groups -OCH3 is 1. The Labute approximate surface area is 177 Å². The van der Waals surface area contributed by atoms with Crippen molar-refractivity contribution in [1.29, 1.82) is 0 Å². The third-order valence-corrected chi connectivity index (χ3v) is 6.16. The van der Waals surface area contributed by atoms with Crippen LogP contribution in [-0.4, -0.2) is 38.4 Å². The second kappa shape index (κ2) is 8.97. The summed E-state index contributed by atoms with van der Waals surface area (Å²) in [6, 6.07) is 7.64. The van der Waals surface area contributed by atoms with Crippen LogP contribution in [-0.2, 0) is 32.4 Å². The van der Waals surface area contributed by atoms with Crippen LogP contribution in [0.3, 0.4) is 0 Å². The van der Waals surface area contributed by atoms with E-state index in [1.54, 1.807) is 32.9 Å². The Morgan fingerprint density at radius 2 is 1.83 bits per heavy atom. The number of hydrogen-bond donors (Lipinski definition) is 2. The van der Waals surface area contributed by atoms with Crippen molar-refractivity contribution >= 4 is 22.3 Å². The molecule has 0 heterocycles. The van der Waals surface area contributed by atoms with Gasteiger partial charge in [0.05, 0.1) is 24.0 Å². The molecule has 2 aromatic rings. The molecule has 2 rings (SSSR count). The van der Waals surface area contributed by atoms with Crippen molar-refractivity contribution in [3.05, 3.63) is 47.0 Å². The van der Waals surface area contributed by atoms with E-state index in [0.717, 1.165) is 5.56 Å². The number of hydrogen-bond acceptors (Lipinski definition) is 6. The van der Waals surface area contributed by atoms with Crippen molar-refractivity contribution < 1.29 is 27.9 Å². The number of ether oxygens (including phenoxy) is 1. The van der Waals surface area contributed by atoms with Crippen LogP contribution in [0.15, 0.2) is 35.2 Å². The van der Waals surface area contributed by atoms with E-state index in [4.69, 9.17) is 0 Å². The molecule has 0 fully saturated rings. The molecule has 162 valence electrons. The lowest BCUT2D eigenvalue weighted by Gasteiger charge is -2.21. The molecule has 0 aliphatic heterocycles. The number of sulfonamides is 1. The molecular formula is C22H27NO6S. The number of carbonyl (C=O) groups excluding carboxylic acids is 2. The summed E-state index contributed by atoms with van der Waals surface area (Å²) in [6.45, 7) is 7.12. The zero-order chi connectivity index (χ0) is 22.7. The molecule has 0 spiro atoms. The summed E-state index contributed by atoms with van der Waals surface area (Å²) in [7, 11) is -2.55. The van der Waals surface area contributed by atoms with Crippen molar-refractivity contribution in [3.8, 4) is 16.9 Å². The molecule has 2 aromatic carbocycles. The first-order chi connectivity index (χ1) is 13.9. The van der Waals surface area contributed by atoms with Gasteiger partial charge in [-0.25, -0.2) is 13.1 Å². The van der Waals surface area contributed by atoms with Crippen molar-refractivity contribution in [2.45, 2.75) is 51.0 Å². The summed E-state index contributed by atoms with van der Waals surface area (Å²) in [5, 5.41) is 10.6. The molecule has 7 nitrogen and oxygen atoms in total. The molecule has 0 saturated carbocycles. The van der Waals surface area contributed by atoms with E-state index >= 15 is 0 Å². The van der Waals surface area contributed by atoms with Gasteiger partial charge in [0.1, 0.15) is 5.75 Å². The topological polar surface area (TPSA) is 110 Å². The second-order valence-corrected chi connectivity index (χ2v) is 9.66. The van der Waals surface area contributed by atoms with Gasteiger partial charge in [0.2, 0.25) is 10.0 Å². The highest BCUT2D eigenvalue weighted by molar-refractivity contribution is 7.89. The van der Waals surface area contributed by atoms with E-state index < -0.39 is 21.5 Å². The Bertz CT molecular complexity index is 1070. The zero-order valence-corrected chi connectivity index (χ0v) is 18.6. The van der Waals surface area contributed by atoms with Crippen LogP contribution in [0.4, 0.5) is 0 Å². The van der Waals surface area contributed by atoms with E-state index in [9.17, 15) is 23.1 Å². The van der Waals surface area contributed by atoms with Crippen LogP contribution in [0.1, 0.15) is 49.2 Å². The molecule has 2 N–H and O–H groups in total. The quantitative estimate of drug-likeness (QED) is 0.512. The fourth-order valence-corrected chi connectivity index (χ4v) is 4.54. The van der Waals surface area contributed by atoms with Gasteiger partial charge in [0, 0.05) is 11.1 Å². The first kappa shape index (κ1) is 23.6. The Kier molecular flexibility index (Phi) is 7.05. The minimum Gasteiger partial charge on any atom is -0.507 e. The average molecular weight is 434 g/mol. The molecule has 0 radical (unpaired) electrons. The summed E-state index contributed by atoms with van der Waals surface area (Å²) < 4.78 is 32.9. The highest BCUT2D eigenvalue weighted by Crippen LogP contribution is 2.37. The second-order valence-electron chi connectivity index (χ2n) is 7.98. The molecule has 0 aliphatic carbocycles. The van der Waals surface area contributed by atoms with Crippen LogP contribution in [0.25, 0.3) is 11.1 Å². The van der Waals surface area contributed by atoms with E-state index in [1.165, 1.54) is 25.3 Å². The van der Waals surface area contributed by atoms with Crippen LogP contribution >= 0.6 is 0 Å². The van der Waals surface area contributed by atoms with E-state index in [2.05, 4.69) is 9.46 Å². The lowest BCUT2D eigenvalue weighted by molar-refractivity contribution is -0.139. The summed E-state index contributed by atoms with van der Waals surface area (Å²) in [5.74, 6) is -0.767. The van der Waals surface area contributed by atoms with E-state index in [0.29, 0.717) is 23.8 Å². The van der Waals surface area contributed by atoms with Crippen molar-refractivity contribution in [2.75, 3.05) is 7.11 Å². The molecule has 0 unspecified atom stereocenters. The first-order valence-electron chi connectivity index (χ1n) is 9.47. The van der Waals surface area contributed by atoms with Crippen molar-refractivity contribution in [1.82, 2.24) is 4.72 Å². The SMILES string of the molecule is CCc1ccc(S(=O)(=O)NC(C)(C)C)cc1-c1cc(CC(=O)OC)cc(C=O)c1O. The standard InChI is InChI=1S/C22H27NO6S/c1-6-15-7-8-17(30(27,28)23-22(2,3)4)12-18(15)19-10-14(11-20(25)29-5)9-16(13-24)21(19)26/h7-10,12-13,23,26H,6,11H2,1-5H3. The summed E-state index contributed by atoms with van der Waals surface area (Å²) in [4.78, 5) is 23.2. The van der Waals surface area contributed by atoms with Gasteiger partial charge in [0.25, 0.3) is 0 Å². The third kappa shape index (κ3) is 5.46. The fourth-order valence-electron chi connectivity index (χ4n) is 3.10. The molecule has 0 bridgehead atoms. The number of phenols is 1. The van der Waals surface area contributed by atoms with Crippen LogP contribution < -0.4 is 4.72 Å². The molecule has 30 heavy (non-hydrogen) atoms. The van der Waals surface area contributed by atoms with Gasteiger partial charge in [-0.15, -0.1) is 0 Å². The highest BCUT2D eigenvalue weighted by Gasteiger charge is 2.24. The first-order valence-corrected chi connectivity index (χ1v) is 10.9. The monoisotopic (exact) mass is 433 g/mol. The smallest absolute Gasteiger partial charge is 0.309 e. The van der Waals surface area contributed by atoms with E-state index in [1.807, 2.05) is 6.92 Å².